The van der Waals surface area contributed by atoms with Crippen molar-refractivity contribution in [2.45, 2.75) is 38.1 Å². The van der Waals surface area contributed by atoms with E-state index in [1.807, 2.05) is 97.1 Å². The van der Waals surface area contributed by atoms with Crippen molar-refractivity contribution in [3.05, 3.63) is 131 Å². The standard InChI is InChI=1S/C32H34N2O4S/c35-31-23-33(21-28-16-8-7-13-26(28)20-19-25-11-3-1-4-12-25)39(37,38)34(24-32(31)36)22-29-17-9-10-18-30(29)27-14-5-2-6-15-27/h1-18,31-32,35-36H,19-24H2/t31-,32-/m0/s1. The minimum absolute atomic E-state index is 0.0866. The first kappa shape index (κ1) is 27.2. The van der Waals surface area contributed by atoms with Crippen LogP contribution in [0.4, 0.5) is 0 Å². The summed E-state index contributed by atoms with van der Waals surface area (Å²) in [7, 11) is -4.00. The number of nitrogens with zero attached hydrogens (tertiary/aromatic N) is 2. The Morgan fingerprint density at radius 2 is 1.08 bits per heavy atom. The number of benzene rings is 4. The molecule has 202 valence electrons. The van der Waals surface area contributed by atoms with Gasteiger partial charge in [-0.05, 0) is 46.2 Å². The molecule has 6 nitrogen and oxygen atoms in total. The van der Waals surface area contributed by atoms with Gasteiger partial charge in [0.2, 0.25) is 0 Å². The van der Waals surface area contributed by atoms with Crippen molar-refractivity contribution in [3.8, 4) is 11.1 Å². The molecular weight excluding hydrogens is 508 g/mol. The fourth-order valence-corrected chi connectivity index (χ4v) is 6.73. The Kier molecular flexibility index (Phi) is 8.55. The van der Waals surface area contributed by atoms with Crippen molar-refractivity contribution in [2.24, 2.45) is 0 Å². The van der Waals surface area contributed by atoms with Gasteiger partial charge in [0.1, 0.15) is 0 Å². The monoisotopic (exact) mass is 542 g/mol. The van der Waals surface area contributed by atoms with E-state index in [4.69, 9.17) is 0 Å². The van der Waals surface area contributed by atoms with Crippen molar-refractivity contribution < 1.29 is 18.6 Å². The number of rotatable bonds is 8. The van der Waals surface area contributed by atoms with Crippen molar-refractivity contribution in [2.75, 3.05) is 13.1 Å². The minimum Gasteiger partial charge on any atom is -0.389 e. The Morgan fingerprint density at radius 3 is 1.72 bits per heavy atom. The molecule has 0 amide bonds. The topological polar surface area (TPSA) is 81.1 Å². The fourth-order valence-electron chi connectivity index (χ4n) is 5.12. The van der Waals surface area contributed by atoms with Gasteiger partial charge in [-0.1, -0.05) is 109 Å². The average molecular weight is 543 g/mol. The van der Waals surface area contributed by atoms with Crippen LogP contribution in [-0.2, 0) is 36.1 Å². The highest BCUT2D eigenvalue weighted by Gasteiger charge is 2.39. The molecule has 2 atom stereocenters. The molecule has 0 unspecified atom stereocenters. The molecule has 0 spiro atoms. The third kappa shape index (κ3) is 6.46. The third-order valence-electron chi connectivity index (χ3n) is 7.32. The Bertz CT molecular complexity index is 1480. The van der Waals surface area contributed by atoms with Crippen LogP contribution in [0.15, 0.2) is 109 Å². The van der Waals surface area contributed by atoms with E-state index in [9.17, 15) is 18.6 Å². The lowest BCUT2D eigenvalue weighted by Crippen LogP contribution is -2.42. The Balaban J connectivity index is 1.42. The summed E-state index contributed by atoms with van der Waals surface area (Å²) in [5, 5.41) is 21.4. The van der Waals surface area contributed by atoms with Gasteiger partial charge in [0.05, 0.1) is 12.2 Å². The molecule has 0 bridgehead atoms. The molecule has 0 radical (unpaired) electrons. The second-order valence-corrected chi connectivity index (χ2v) is 11.9. The molecule has 5 rings (SSSR count). The zero-order valence-corrected chi connectivity index (χ0v) is 22.6. The van der Waals surface area contributed by atoms with Gasteiger partial charge < -0.3 is 10.2 Å². The van der Waals surface area contributed by atoms with Crippen LogP contribution in [0.5, 0.6) is 0 Å². The maximum Gasteiger partial charge on any atom is 0.282 e. The van der Waals surface area contributed by atoms with Crippen LogP contribution in [0.1, 0.15) is 22.3 Å². The fraction of sp³-hybridized carbons (Fsp3) is 0.250. The molecule has 7 heteroatoms. The van der Waals surface area contributed by atoms with Gasteiger partial charge in [0, 0.05) is 26.2 Å². The Morgan fingerprint density at radius 1 is 0.590 bits per heavy atom. The number of hydrogen-bond donors (Lipinski definition) is 2. The van der Waals surface area contributed by atoms with Crippen molar-refractivity contribution in [1.29, 1.82) is 0 Å². The molecule has 1 aliphatic heterocycles. The number of aliphatic hydroxyl groups excluding tert-OH is 2. The molecule has 39 heavy (non-hydrogen) atoms. The van der Waals surface area contributed by atoms with Gasteiger partial charge in [-0.25, -0.2) is 0 Å². The molecule has 1 aliphatic rings. The molecule has 1 heterocycles. The summed E-state index contributed by atoms with van der Waals surface area (Å²) in [6.07, 6.45) is -0.769. The van der Waals surface area contributed by atoms with E-state index in [0.29, 0.717) is 0 Å². The van der Waals surface area contributed by atoms with Crippen molar-refractivity contribution in [1.82, 2.24) is 8.61 Å². The molecule has 4 aromatic carbocycles. The van der Waals surface area contributed by atoms with Crippen LogP contribution in [-0.4, -0.2) is 52.5 Å². The maximum atomic E-state index is 14.0. The zero-order chi connectivity index (χ0) is 27.2. The molecule has 1 fully saturated rings. The molecule has 1 saturated heterocycles. The highest BCUT2D eigenvalue weighted by atomic mass is 32.2. The average Bonchev–Trinajstić information content (AvgIpc) is 3.04. The van der Waals surface area contributed by atoms with Crippen LogP contribution >= 0.6 is 0 Å². The second-order valence-electron chi connectivity index (χ2n) is 10.0. The summed E-state index contributed by atoms with van der Waals surface area (Å²) in [5.41, 5.74) is 5.94. The molecule has 0 saturated carbocycles. The quantitative estimate of drug-likeness (QED) is 0.345. The molecule has 4 aromatic rings. The highest BCUT2D eigenvalue weighted by Crippen LogP contribution is 2.28. The van der Waals surface area contributed by atoms with Gasteiger partial charge in [-0.15, -0.1) is 0 Å². The first-order valence-corrected chi connectivity index (χ1v) is 14.7. The first-order valence-electron chi connectivity index (χ1n) is 13.3. The van der Waals surface area contributed by atoms with E-state index in [2.05, 4.69) is 12.1 Å². The summed E-state index contributed by atoms with van der Waals surface area (Å²) in [4.78, 5) is 0. The van der Waals surface area contributed by atoms with Crippen LogP contribution in [0.3, 0.4) is 0 Å². The summed E-state index contributed by atoms with van der Waals surface area (Å²) in [5.74, 6) is 0. The second kappa shape index (κ2) is 12.2. The van der Waals surface area contributed by atoms with E-state index in [-0.39, 0.29) is 26.2 Å². The zero-order valence-electron chi connectivity index (χ0n) is 21.8. The number of β-amino-alcohol motifs (C(OH)–C–C–N with tert-alkyl or cyclic N) is 2. The maximum absolute atomic E-state index is 14.0. The van der Waals surface area contributed by atoms with Gasteiger partial charge in [-0.3, -0.25) is 0 Å². The van der Waals surface area contributed by atoms with Crippen LogP contribution in [0, 0.1) is 0 Å². The summed E-state index contributed by atoms with van der Waals surface area (Å²) < 4.78 is 30.6. The van der Waals surface area contributed by atoms with Gasteiger partial charge in [-0.2, -0.15) is 17.0 Å². The predicted molar refractivity (Wildman–Crippen MR) is 154 cm³/mol. The summed E-state index contributed by atoms with van der Waals surface area (Å²) in [6.45, 7) is -0.149. The number of hydrogen-bond acceptors (Lipinski definition) is 4. The van der Waals surface area contributed by atoms with Crippen molar-refractivity contribution >= 4 is 10.2 Å². The summed E-state index contributed by atoms with van der Waals surface area (Å²) >= 11 is 0. The van der Waals surface area contributed by atoms with Crippen LogP contribution in [0.25, 0.3) is 11.1 Å². The molecule has 2 N–H and O–H groups in total. The van der Waals surface area contributed by atoms with Gasteiger partial charge >= 0.3 is 0 Å². The van der Waals surface area contributed by atoms with Crippen LogP contribution in [0.2, 0.25) is 0 Å². The third-order valence-corrected chi connectivity index (χ3v) is 9.18. The van der Waals surface area contributed by atoms with Gasteiger partial charge in [0.25, 0.3) is 10.2 Å². The highest BCUT2D eigenvalue weighted by molar-refractivity contribution is 7.86. The lowest BCUT2D eigenvalue weighted by Gasteiger charge is -2.28. The first-order chi connectivity index (χ1) is 18.9. The molecule has 0 aliphatic carbocycles. The number of aryl methyl sites for hydroxylation is 2. The summed E-state index contributed by atoms with van der Waals surface area (Å²) in [6, 6.07) is 35.6. The van der Waals surface area contributed by atoms with E-state index in [1.165, 1.54) is 14.2 Å². The van der Waals surface area contributed by atoms with Crippen LogP contribution < -0.4 is 0 Å². The van der Waals surface area contributed by atoms with E-state index >= 15 is 0 Å². The predicted octanol–water partition coefficient (Wildman–Crippen LogP) is 4.42. The van der Waals surface area contributed by atoms with E-state index in [0.717, 1.165) is 40.7 Å². The normalized spacial score (nSPS) is 19.9. The minimum atomic E-state index is -4.00. The lowest BCUT2D eigenvalue weighted by molar-refractivity contribution is 0.00888. The smallest absolute Gasteiger partial charge is 0.282 e. The Labute approximate surface area is 231 Å². The molecular formula is C32H34N2O4S. The Hall–Kier alpha value is -3.33. The van der Waals surface area contributed by atoms with E-state index in [1.54, 1.807) is 0 Å². The lowest BCUT2D eigenvalue weighted by atomic mass is 9.99. The largest absolute Gasteiger partial charge is 0.389 e. The van der Waals surface area contributed by atoms with Gasteiger partial charge in [0.15, 0.2) is 0 Å². The number of aliphatic hydroxyl groups is 2. The van der Waals surface area contributed by atoms with E-state index < -0.39 is 22.4 Å². The van der Waals surface area contributed by atoms with Crippen molar-refractivity contribution in [3.63, 3.8) is 0 Å². The molecule has 0 aromatic heterocycles. The SMILES string of the molecule is O=S1(=O)N(Cc2ccccc2CCc2ccccc2)C[C@H](O)[C@@H](O)CN1Cc1ccccc1-c1ccccc1.